The highest BCUT2D eigenvalue weighted by molar-refractivity contribution is 6.01. The fourth-order valence-corrected chi connectivity index (χ4v) is 2.17. The van der Waals surface area contributed by atoms with Crippen LogP contribution in [0.15, 0.2) is 65.8 Å². The van der Waals surface area contributed by atoms with Gasteiger partial charge in [-0.3, -0.25) is 4.79 Å². The molecule has 1 heterocycles. The molecule has 0 aliphatic carbocycles. The quantitative estimate of drug-likeness (QED) is 0.443. The minimum atomic E-state index is -0.342. The zero-order valence-electron chi connectivity index (χ0n) is 12.7. The Kier molecular flexibility index (Phi) is 4.01. The van der Waals surface area contributed by atoms with Crippen LogP contribution >= 0.6 is 0 Å². The molecule has 0 fully saturated rings. The van der Waals surface area contributed by atoms with Crippen molar-refractivity contribution in [3.05, 3.63) is 71.9 Å². The zero-order chi connectivity index (χ0) is 16.2. The van der Waals surface area contributed by atoms with Gasteiger partial charge in [-0.1, -0.05) is 36.4 Å². The molecule has 0 spiro atoms. The van der Waals surface area contributed by atoms with Crippen LogP contribution < -0.4 is 11.2 Å². The number of carbonyl (C=O) groups is 1. The van der Waals surface area contributed by atoms with E-state index in [2.05, 4.69) is 15.5 Å². The number of para-hydroxylation sites is 1. The van der Waals surface area contributed by atoms with E-state index in [9.17, 15) is 4.79 Å². The molecule has 1 amide bonds. The standard InChI is InChI=1S/C18H16N4O/c1-12(13-6-9-15(19)10-7-13)21-22-18(23)17-11-8-14-4-2-3-5-16(14)20-17/h2-11H,19H2,1H3,(H,22,23)/b21-12+. The lowest BCUT2D eigenvalue weighted by Crippen LogP contribution is -2.20. The van der Waals surface area contributed by atoms with Crippen molar-refractivity contribution in [3.8, 4) is 0 Å². The van der Waals surface area contributed by atoms with Gasteiger partial charge in [-0.15, -0.1) is 0 Å². The van der Waals surface area contributed by atoms with E-state index < -0.39 is 0 Å². The van der Waals surface area contributed by atoms with Crippen molar-refractivity contribution in [1.29, 1.82) is 0 Å². The average Bonchev–Trinajstić information content (AvgIpc) is 2.59. The second-order valence-electron chi connectivity index (χ2n) is 5.15. The Balaban J connectivity index is 1.77. The third-order valence-corrected chi connectivity index (χ3v) is 3.48. The molecule has 3 N–H and O–H groups in total. The van der Waals surface area contributed by atoms with Crippen molar-refractivity contribution in [2.75, 3.05) is 5.73 Å². The van der Waals surface area contributed by atoms with Crippen LogP contribution in [0.4, 0.5) is 5.69 Å². The van der Waals surface area contributed by atoms with Gasteiger partial charge in [0.15, 0.2) is 0 Å². The number of amides is 1. The van der Waals surface area contributed by atoms with E-state index in [1.54, 1.807) is 18.2 Å². The molecular weight excluding hydrogens is 288 g/mol. The first-order chi connectivity index (χ1) is 11.1. The second kappa shape index (κ2) is 6.27. The van der Waals surface area contributed by atoms with Crippen molar-refractivity contribution in [3.63, 3.8) is 0 Å². The highest BCUT2D eigenvalue weighted by atomic mass is 16.2. The molecule has 2 aromatic carbocycles. The van der Waals surface area contributed by atoms with Gasteiger partial charge in [0.25, 0.3) is 5.91 Å². The van der Waals surface area contributed by atoms with Gasteiger partial charge >= 0.3 is 0 Å². The number of hydrazone groups is 1. The van der Waals surface area contributed by atoms with Crippen LogP contribution in [-0.4, -0.2) is 16.6 Å². The van der Waals surface area contributed by atoms with Crippen LogP contribution in [0.3, 0.4) is 0 Å². The smallest absolute Gasteiger partial charge is 0.289 e. The Morgan fingerprint density at radius 1 is 1.04 bits per heavy atom. The lowest BCUT2D eigenvalue weighted by Gasteiger charge is -2.04. The van der Waals surface area contributed by atoms with Gasteiger partial charge in [0.05, 0.1) is 11.2 Å². The number of hydrogen-bond donors (Lipinski definition) is 2. The van der Waals surface area contributed by atoms with Crippen LogP contribution in [0.1, 0.15) is 23.0 Å². The zero-order valence-corrected chi connectivity index (χ0v) is 12.7. The highest BCUT2D eigenvalue weighted by Crippen LogP contribution is 2.12. The molecule has 0 atom stereocenters. The predicted octanol–water partition coefficient (Wildman–Crippen LogP) is 2.97. The van der Waals surface area contributed by atoms with E-state index in [0.29, 0.717) is 17.1 Å². The highest BCUT2D eigenvalue weighted by Gasteiger charge is 2.07. The van der Waals surface area contributed by atoms with Crippen LogP contribution in [-0.2, 0) is 0 Å². The van der Waals surface area contributed by atoms with Gasteiger partial charge in [0.1, 0.15) is 5.69 Å². The molecule has 0 saturated heterocycles. The van der Waals surface area contributed by atoms with Crippen molar-refractivity contribution in [1.82, 2.24) is 10.4 Å². The van der Waals surface area contributed by atoms with E-state index in [-0.39, 0.29) is 5.91 Å². The summed E-state index contributed by atoms with van der Waals surface area (Å²) in [6, 6.07) is 18.5. The Labute approximate surface area is 133 Å². The molecule has 0 radical (unpaired) electrons. The number of nitrogens with one attached hydrogen (secondary N) is 1. The average molecular weight is 304 g/mol. The fourth-order valence-electron chi connectivity index (χ4n) is 2.17. The molecule has 5 heteroatoms. The minimum Gasteiger partial charge on any atom is -0.399 e. The Hall–Kier alpha value is -3.21. The van der Waals surface area contributed by atoms with Gasteiger partial charge in [-0.2, -0.15) is 5.10 Å². The van der Waals surface area contributed by atoms with Gasteiger partial charge < -0.3 is 5.73 Å². The molecule has 0 unspecified atom stereocenters. The van der Waals surface area contributed by atoms with Gasteiger partial charge in [0.2, 0.25) is 0 Å². The van der Waals surface area contributed by atoms with E-state index in [4.69, 9.17) is 5.73 Å². The molecule has 5 nitrogen and oxygen atoms in total. The fraction of sp³-hybridized carbons (Fsp3) is 0.0556. The SMILES string of the molecule is C/C(=N\NC(=O)c1ccc2ccccc2n1)c1ccc(N)cc1. The van der Waals surface area contributed by atoms with Gasteiger partial charge in [-0.05, 0) is 36.8 Å². The molecule has 0 aliphatic rings. The number of carbonyl (C=O) groups excluding carboxylic acids is 1. The summed E-state index contributed by atoms with van der Waals surface area (Å²) in [6.45, 7) is 1.82. The number of nitrogens with two attached hydrogens (primary N) is 1. The number of pyridine rings is 1. The van der Waals surface area contributed by atoms with Crippen LogP contribution in [0.2, 0.25) is 0 Å². The maximum absolute atomic E-state index is 12.2. The van der Waals surface area contributed by atoms with Crippen LogP contribution in [0.5, 0.6) is 0 Å². The van der Waals surface area contributed by atoms with Crippen molar-refractivity contribution in [2.45, 2.75) is 6.92 Å². The number of aromatic nitrogens is 1. The molecule has 0 saturated carbocycles. The molecule has 3 aromatic rings. The summed E-state index contributed by atoms with van der Waals surface area (Å²) in [6.07, 6.45) is 0. The minimum absolute atomic E-state index is 0.331. The summed E-state index contributed by atoms with van der Waals surface area (Å²) in [5, 5.41) is 5.11. The number of nitrogens with zero attached hydrogens (tertiary/aromatic N) is 2. The molecule has 3 rings (SSSR count). The molecular formula is C18H16N4O. The number of benzene rings is 2. The molecule has 0 aliphatic heterocycles. The maximum atomic E-state index is 12.2. The first kappa shape index (κ1) is 14.7. The molecule has 23 heavy (non-hydrogen) atoms. The molecule has 114 valence electrons. The monoisotopic (exact) mass is 304 g/mol. The van der Waals surface area contributed by atoms with Gasteiger partial charge in [-0.25, -0.2) is 10.4 Å². The predicted molar refractivity (Wildman–Crippen MR) is 92.3 cm³/mol. The molecule has 0 bridgehead atoms. The lowest BCUT2D eigenvalue weighted by molar-refractivity contribution is 0.0950. The maximum Gasteiger partial charge on any atom is 0.289 e. The molecule has 1 aromatic heterocycles. The second-order valence-corrected chi connectivity index (χ2v) is 5.15. The van der Waals surface area contributed by atoms with E-state index in [0.717, 1.165) is 16.5 Å². The van der Waals surface area contributed by atoms with Crippen molar-refractivity contribution >= 4 is 28.2 Å². The Bertz CT molecular complexity index is 885. The summed E-state index contributed by atoms with van der Waals surface area (Å²) >= 11 is 0. The van der Waals surface area contributed by atoms with Gasteiger partial charge in [0, 0.05) is 11.1 Å². The third kappa shape index (κ3) is 3.35. The lowest BCUT2D eigenvalue weighted by atomic mass is 10.1. The van der Waals surface area contributed by atoms with E-state index in [1.165, 1.54) is 0 Å². The van der Waals surface area contributed by atoms with Crippen molar-refractivity contribution < 1.29 is 4.79 Å². The van der Waals surface area contributed by atoms with Crippen LogP contribution in [0, 0.1) is 0 Å². The summed E-state index contributed by atoms with van der Waals surface area (Å²) in [5.41, 5.74) is 11.6. The topological polar surface area (TPSA) is 80.4 Å². The Morgan fingerprint density at radius 2 is 1.78 bits per heavy atom. The summed E-state index contributed by atoms with van der Waals surface area (Å²) in [4.78, 5) is 16.5. The van der Waals surface area contributed by atoms with Crippen molar-refractivity contribution in [2.24, 2.45) is 5.10 Å². The first-order valence-corrected chi connectivity index (χ1v) is 7.20. The largest absolute Gasteiger partial charge is 0.399 e. The number of anilines is 1. The third-order valence-electron chi connectivity index (χ3n) is 3.48. The first-order valence-electron chi connectivity index (χ1n) is 7.20. The number of fused-ring (bicyclic) bond motifs is 1. The summed E-state index contributed by atoms with van der Waals surface area (Å²) in [5.74, 6) is -0.342. The summed E-state index contributed by atoms with van der Waals surface area (Å²) in [7, 11) is 0. The number of hydrogen-bond acceptors (Lipinski definition) is 4. The number of nitrogen functional groups attached to an aromatic ring is 1. The van der Waals surface area contributed by atoms with E-state index >= 15 is 0 Å². The number of rotatable bonds is 3. The Morgan fingerprint density at radius 3 is 2.57 bits per heavy atom. The summed E-state index contributed by atoms with van der Waals surface area (Å²) < 4.78 is 0. The van der Waals surface area contributed by atoms with Crippen LogP contribution in [0.25, 0.3) is 10.9 Å². The van der Waals surface area contributed by atoms with E-state index in [1.807, 2.05) is 49.4 Å². The normalized spacial score (nSPS) is 11.4.